The number of halogens is 1. The van der Waals surface area contributed by atoms with Gasteiger partial charge in [-0.15, -0.1) is 0 Å². The van der Waals surface area contributed by atoms with E-state index in [1.165, 1.54) is 6.07 Å². The highest BCUT2D eigenvalue weighted by Crippen LogP contribution is 2.26. The first-order valence-corrected chi connectivity index (χ1v) is 9.02. The van der Waals surface area contributed by atoms with E-state index in [9.17, 15) is 9.18 Å². The molecule has 2 aromatic carbocycles. The Morgan fingerprint density at radius 3 is 2.84 bits per heavy atom. The molecule has 1 unspecified atom stereocenters. The maximum atomic E-state index is 13.9. The van der Waals surface area contributed by atoms with Crippen LogP contribution in [0.1, 0.15) is 37.8 Å². The Morgan fingerprint density at radius 2 is 2.08 bits per heavy atom. The van der Waals surface area contributed by atoms with Gasteiger partial charge in [0.15, 0.2) is 0 Å². The molecule has 1 aliphatic heterocycles. The van der Waals surface area contributed by atoms with E-state index in [0.717, 1.165) is 49.8 Å². The van der Waals surface area contributed by atoms with E-state index in [0.29, 0.717) is 5.39 Å². The largest absolute Gasteiger partial charge is 0.368 e. The van der Waals surface area contributed by atoms with E-state index in [1.54, 1.807) is 0 Å². The molecule has 0 spiro atoms. The second-order valence-electron chi connectivity index (χ2n) is 6.81. The van der Waals surface area contributed by atoms with E-state index in [-0.39, 0.29) is 23.8 Å². The van der Waals surface area contributed by atoms with Crippen molar-refractivity contribution < 1.29 is 9.18 Å². The van der Waals surface area contributed by atoms with Gasteiger partial charge in [-0.25, -0.2) is 4.39 Å². The smallest absolute Gasteiger partial charge is 0.234 e. The minimum atomic E-state index is -0.211. The van der Waals surface area contributed by atoms with E-state index >= 15 is 0 Å². The Hall–Kier alpha value is -1.98. The highest BCUT2D eigenvalue weighted by molar-refractivity contribution is 5.86. The topological polar surface area (TPSA) is 58.4 Å². The Kier molecular flexibility index (Phi) is 5.66. The number of fused-ring (bicyclic) bond motifs is 1. The van der Waals surface area contributed by atoms with Gasteiger partial charge in [-0.05, 0) is 56.3 Å². The molecule has 5 heteroatoms. The molecule has 4 nitrogen and oxygen atoms in total. The van der Waals surface area contributed by atoms with Gasteiger partial charge in [0.05, 0.1) is 6.04 Å². The number of nitrogens with two attached hydrogens (primary N) is 1. The van der Waals surface area contributed by atoms with Crippen molar-refractivity contribution >= 4 is 16.7 Å². The molecule has 1 aliphatic rings. The van der Waals surface area contributed by atoms with E-state index in [4.69, 9.17) is 5.73 Å². The number of carbonyl (C=O) groups excluding carboxylic acids is 1. The number of carbonyl (C=O) groups is 1. The van der Waals surface area contributed by atoms with Crippen molar-refractivity contribution in [3.05, 3.63) is 47.8 Å². The summed E-state index contributed by atoms with van der Waals surface area (Å²) in [5.74, 6) is -0.394. The van der Waals surface area contributed by atoms with Crippen molar-refractivity contribution in [2.45, 2.75) is 38.3 Å². The zero-order valence-electron chi connectivity index (χ0n) is 14.7. The fourth-order valence-electron chi connectivity index (χ4n) is 3.79. The third-order valence-corrected chi connectivity index (χ3v) is 5.14. The van der Waals surface area contributed by atoms with Gasteiger partial charge >= 0.3 is 0 Å². The van der Waals surface area contributed by atoms with Crippen LogP contribution in [0.2, 0.25) is 0 Å². The van der Waals surface area contributed by atoms with Crippen LogP contribution in [-0.4, -0.2) is 36.5 Å². The third-order valence-electron chi connectivity index (χ3n) is 5.14. The molecule has 2 atom stereocenters. The van der Waals surface area contributed by atoms with Gasteiger partial charge in [0, 0.05) is 18.0 Å². The molecule has 0 aliphatic carbocycles. The van der Waals surface area contributed by atoms with Crippen LogP contribution in [0, 0.1) is 5.82 Å². The van der Waals surface area contributed by atoms with Crippen molar-refractivity contribution in [2.24, 2.45) is 5.73 Å². The van der Waals surface area contributed by atoms with Crippen LogP contribution in [-0.2, 0) is 4.79 Å². The predicted molar refractivity (Wildman–Crippen MR) is 98.7 cm³/mol. The minimum absolute atomic E-state index is 0.0986. The summed E-state index contributed by atoms with van der Waals surface area (Å²) in [6.07, 6.45) is 2.87. The first-order chi connectivity index (χ1) is 12.1. The maximum Gasteiger partial charge on any atom is 0.234 e. The molecule has 0 saturated carbocycles. The standard InChI is InChI=1S/C20H26FN3O/c1-14(15-9-10-18(21)17-7-3-2-6-16(15)17)23-11-5-13-24-12-4-8-19(24)20(22)25/h2-3,6-7,9-10,14,19,23H,4-5,8,11-13H2,1H3,(H2,22,25)/t14?,19-/m0/s1. The van der Waals surface area contributed by atoms with Crippen molar-refractivity contribution in [3.63, 3.8) is 0 Å². The molecule has 25 heavy (non-hydrogen) atoms. The van der Waals surface area contributed by atoms with E-state index < -0.39 is 0 Å². The van der Waals surface area contributed by atoms with Gasteiger partial charge < -0.3 is 11.1 Å². The summed E-state index contributed by atoms with van der Waals surface area (Å²) in [5, 5.41) is 5.13. The number of amides is 1. The fraction of sp³-hybridized carbons (Fsp3) is 0.450. The number of primary amides is 1. The average molecular weight is 343 g/mol. The van der Waals surface area contributed by atoms with Crippen molar-refractivity contribution in [3.8, 4) is 0 Å². The lowest BCUT2D eigenvalue weighted by molar-refractivity contribution is -0.122. The van der Waals surface area contributed by atoms with Gasteiger partial charge in [0.2, 0.25) is 5.91 Å². The predicted octanol–water partition coefficient (Wildman–Crippen LogP) is 2.97. The monoisotopic (exact) mass is 343 g/mol. The van der Waals surface area contributed by atoms with Crippen LogP contribution in [0.25, 0.3) is 10.8 Å². The van der Waals surface area contributed by atoms with Gasteiger partial charge in [0.1, 0.15) is 5.82 Å². The Labute approximate surface area is 148 Å². The molecule has 1 heterocycles. The summed E-state index contributed by atoms with van der Waals surface area (Å²) in [7, 11) is 0. The lowest BCUT2D eigenvalue weighted by Crippen LogP contribution is -2.41. The van der Waals surface area contributed by atoms with Crippen LogP contribution in [0.4, 0.5) is 4.39 Å². The zero-order chi connectivity index (χ0) is 17.8. The van der Waals surface area contributed by atoms with Gasteiger partial charge in [0.25, 0.3) is 0 Å². The molecule has 3 N–H and O–H groups in total. The Morgan fingerprint density at radius 1 is 1.32 bits per heavy atom. The number of benzene rings is 2. The molecule has 0 radical (unpaired) electrons. The molecule has 0 bridgehead atoms. The fourth-order valence-corrected chi connectivity index (χ4v) is 3.79. The quantitative estimate of drug-likeness (QED) is 0.760. The number of rotatable bonds is 7. The van der Waals surface area contributed by atoms with Crippen molar-refractivity contribution in [1.82, 2.24) is 10.2 Å². The Bertz CT molecular complexity index is 749. The molecule has 1 fully saturated rings. The van der Waals surface area contributed by atoms with E-state index in [2.05, 4.69) is 17.1 Å². The number of hydrogen-bond donors (Lipinski definition) is 2. The summed E-state index contributed by atoms with van der Waals surface area (Å²) in [6, 6.07) is 11.0. The first-order valence-electron chi connectivity index (χ1n) is 9.02. The summed E-state index contributed by atoms with van der Waals surface area (Å²) in [5.41, 5.74) is 6.56. The van der Waals surface area contributed by atoms with Crippen molar-refractivity contribution in [2.75, 3.05) is 19.6 Å². The van der Waals surface area contributed by atoms with Crippen LogP contribution in [0.15, 0.2) is 36.4 Å². The maximum absolute atomic E-state index is 13.9. The highest BCUT2D eigenvalue weighted by atomic mass is 19.1. The lowest BCUT2D eigenvalue weighted by Gasteiger charge is -2.22. The van der Waals surface area contributed by atoms with Crippen LogP contribution >= 0.6 is 0 Å². The second-order valence-corrected chi connectivity index (χ2v) is 6.81. The summed E-state index contributed by atoms with van der Waals surface area (Å²) >= 11 is 0. The van der Waals surface area contributed by atoms with Gasteiger partial charge in [-0.3, -0.25) is 9.69 Å². The summed E-state index contributed by atoms with van der Waals surface area (Å²) in [6.45, 7) is 4.76. The van der Waals surface area contributed by atoms with Gasteiger partial charge in [-0.2, -0.15) is 0 Å². The normalized spacial score (nSPS) is 19.4. The number of nitrogens with zero attached hydrogens (tertiary/aromatic N) is 1. The summed E-state index contributed by atoms with van der Waals surface area (Å²) in [4.78, 5) is 13.6. The average Bonchev–Trinajstić information content (AvgIpc) is 3.08. The SMILES string of the molecule is CC(NCCCN1CCC[C@H]1C(N)=O)c1ccc(F)c2ccccc12. The molecular formula is C20H26FN3O. The molecule has 1 amide bonds. The zero-order valence-corrected chi connectivity index (χ0v) is 14.7. The molecular weight excluding hydrogens is 317 g/mol. The van der Waals surface area contributed by atoms with E-state index in [1.807, 2.05) is 30.3 Å². The van der Waals surface area contributed by atoms with Crippen molar-refractivity contribution in [1.29, 1.82) is 0 Å². The molecule has 2 aromatic rings. The molecule has 3 rings (SSSR count). The minimum Gasteiger partial charge on any atom is -0.368 e. The second kappa shape index (κ2) is 7.93. The highest BCUT2D eigenvalue weighted by Gasteiger charge is 2.28. The van der Waals surface area contributed by atoms with Crippen LogP contribution in [0.5, 0.6) is 0 Å². The number of likely N-dealkylation sites (tertiary alicyclic amines) is 1. The van der Waals surface area contributed by atoms with Gasteiger partial charge in [-0.1, -0.05) is 30.3 Å². The molecule has 0 aromatic heterocycles. The van der Waals surface area contributed by atoms with Crippen LogP contribution < -0.4 is 11.1 Å². The van der Waals surface area contributed by atoms with Crippen LogP contribution in [0.3, 0.4) is 0 Å². The number of nitrogens with one attached hydrogen (secondary N) is 1. The molecule has 1 saturated heterocycles. The Balaban J connectivity index is 1.56. The lowest BCUT2D eigenvalue weighted by atomic mass is 9.99. The number of hydrogen-bond acceptors (Lipinski definition) is 3. The first kappa shape index (κ1) is 17.8. The summed E-state index contributed by atoms with van der Waals surface area (Å²) < 4.78 is 13.9. The third kappa shape index (κ3) is 3.99. The molecule has 134 valence electrons.